The minimum atomic E-state index is -0.508. The molecule has 0 spiro atoms. The van der Waals surface area contributed by atoms with Crippen molar-refractivity contribution in [2.45, 2.75) is 46.5 Å². The van der Waals surface area contributed by atoms with Crippen LogP contribution in [0.15, 0.2) is 0 Å². The van der Waals surface area contributed by atoms with Crippen LogP contribution in [0.5, 0.6) is 0 Å². The molecule has 0 aromatic rings. The van der Waals surface area contributed by atoms with E-state index in [0.717, 1.165) is 19.3 Å². The van der Waals surface area contributed by atoms with E-state index >= 15 is 0 Å². The van der Waals surface area contributed by atoms with Gasteiger partial charge in [0.15, 0.2) is 0 Å². The summed E-state index contributed by atoms with van der Waals surface area (Å²) in [4.78, 5) is 45.9. The Bertz CT molecular complexity index is 462. The number of unbranched alkanes of at least 4 members (excludes halogenated alkanes) is 1. The lowest BCUT2D eigenvalue weighted by atomic mass is 10.1. The van der Waals surface area contributed by atoms with Gasteiger partial charge in [0.25, 0.3) is 0 Å². The minimum absolute atomic E-state index is 0.145. The number of hydrogen-bond donors (Lipinski definition) is 4. The Hall–Kier alpha value is -1.42. The zero-order valence-corrected chi connectivity index (χ0v) is 17.3. The van der Waals surface area contributed by atoms with Gasteiger partial charge in [-0.3, -0.25) is 20.2 Å². The first-order valence-electron chi connectivity index (χ1n) is 8.74. The Morgan fingerprint density at radius 1 is 0.885 bits per heavy atom. The normalized spacial score (nSPS) is 10.3. The maximum atomic E-state index is 11.5. The summed E-state index contributed by atoms with van der Waals surface area (Å²) in [6.07, 6.45) is 2.91. The number of urea groups is 2. The smallest absolute Gasteiger partial charge is 0.321 e. The Balaban J connectivity index is 3.59. The van der Waals surface area contributed by atoms with Crippen molar-refractivity contribution < 1.29 is 19.2 Å². The van der Waals surface area contributed by atoms with E-state index in [-0.39, 0.29) is 17.6 Å². The molecule has 0 aromatic heterocycles. The first-order valence-corrected chi connectivity index (χ1v) is 11.2. The molecule has 0 atom stereocenters. The molecule has 0 aliphatic rings. The van der Waals surface area contributed by atoms with Gasteiger partial charge in [0.2, 0.25) is 11.8 Å². The van der Waals surface area contributed by atoms with Crippen molar-refractivity contribution >= 4 is 45.5 Å². The van der Waals surface area contributed by atoms with E-state index in [2.05, 4.69) is 21.3 Å². The quantitative estimate of drug-likeness (QED) is 0.292. The van der Waals surface area contributed by atoms with Gasteiger partial charge in [-0.15, -0.1) is 0 Å². The highest BCUT2D eigenvalue weighted by Gasteiger charge is 2.09. The van der Waals surface area contributed by atoms with E-state index in [1.165, 1.54) is 21.6 Å². The third kappa shape index (κ3) is 16.1. The van der Waals surface area contributed by atoms with Crippen LogP contribution in [-0.2, 0) is 9.59 Å². The minimum Gasteiger partial charge on any atom is -0.338 e. The average Bonchev–Trinajstić information content (AvgIpc) is 2.56. The molecule has 26 heavy (non-hydrogen) atoms. The molecule has 4 N–H and O–H groups in total. The van der Waals surface area contributed by atoms with Crippen LogP contribution in [0.1, 0.15) is 46.5 Å². The van der Waals surface area contributed by atoms with Crippen LogP contribution in [0.25, 0.3) is 0 Å². The standard InChI is InChI=1S/C16H30N4O4S2/c1-4-5-8-17-15(23)20-14(22)11-26-25-10-9-18-16(24)19-13(21)7-6-12(2)3/h12H,4-11H2,1-3H3,(H2,17,20,22,23)(H2,18,19,21,24). The Kier molecular flexibility index (Phi) is 14.9. The van der Waals surface area contributed by atoms with Gasteiger partial charge in [-0.1, -0.05) is 48.8 Å². The number of imide groups is 2. The van der Waals surface area contributed by atoms with Crippen molar-refractivity contribution in [3.05, 3.63) is 0 Å². The highest BCUT2D eigenvalue weighted by Crippen LogP contribution is 2.19. The third-order valence-electron chi connectivity index (χ3n) is 3.01. The number of nitrogens with one attached hydrogen (secondary N) is 4. The van der Waals surface area contributed by atoms with Gasteiger partial charge in [-0.25, -0.2) is 9.59 Å². The molecule has 0 radical (unpaired) electrons. The van der Waals surface area contributed by atoms with Crippen molar-refractivity contribution in [1.82, 2.24) is 21.3 Å². The number of amides is 6. The summed E-state index contributed by atoms with van der Waals surface area (Å²) in [7, 11) is 2.70. The Labute approximate surface area is 163 Å². The predicted octanol–water partition coefficient (Wildman–Crippen LogP) is 2.26. The second-order valence-electron chi connectivity index (χ2n) is 5.98. The SMILES string of the molecule is CCCCNC(=O)NC(=O)CSSCCNC(=O)NC(=O)CCC(C)C. The van der Waals surface area contributed by atoms with Crippen LogP contribution in [0.4, 0.5) is 9.59 Å². The topological polar surface area (TPSA) is 116 Å². The number of carbonyl (C=O) groups excluding carboxylic acids is 4. The molecule has 0 aromatic carbocycles. The largest absolute Gasteiger partial charge is 0.338 e. The molecule has 150 valence electrons. The molecule has 10 heteroatoms. The van der Waals surface area contributed by atoms with Gasteiger partial charge < -0.3 is 10.6 Å². The van der Waals surface area contributed by atoms with Gasteiger partial charge in [-0.2, -0.15) is 0 Å². The molecule has 0 saturated heterocycles. The average molecular weight is 407 g/mol. The second-order valence-corrected chi connectivity index (χ2v) is 8.56. The molecular formula is C16H30N4O4S2. The van der Waals surface area contributed by atoms with Crippen LogP contribution < -0.4 is 21.3 Å². The highest BCUT2D eigenvalue weighted by atomic mass is 33.1. The maximum absolute atomic E-state index is 11.5. The van der Waals surface area contributed by atoms with Gasteiger partial charge in [0, 0.05) is 25.3 Å². The van der Waals surface area contributed by atoms with Crippen molar-refractivity contribution in [1.29, 1.82) is 0 Å². The zero-order valence-electron chi connectivity index (χ0n) is 15.7. The fourth-order valence-electron chi connectivity index (χ4n) is 1.60. The predicted molar refractivity (Wildman–Crippen MR) is 107 cm³/mol. The summed E-state index contributed by atoms with van der Waals surface area (Å²) in [6.45, 7) is 6.97. The molecule has 0 aliphatic heterocycles. The zero-order chi connectivity index (χ0) is 19.8. The highest BCUT2D eigenvalue weighted by molar-refractivity contribution is 8.76. The summed E-state index contributed by atoms with van der Waals surface area (Å²) < 4.78 is 0. The molecule has 6 amide bonds. The Morgan fingerprint density at radius 2 is 1.50 bits per heavy atom. The van der Waals surface area contributed by atoms with E-state index in [9.17, 15) is 19.2 Å². The van der Waals surface area contributed by atoms with Crippen LogP contribution in [0, 0.1) is 5.92 Å². The molecule has 0 fully saturated rings. The maximum Gasteiger partial charge on any atom is 0.321 e. The summed E-state index contributed by atoms with van der Waals surface area (Å²) in [5.41, 5.74) is 0. The summed E-state index contributed by atoms with van der Waals surface area (Å²) in [6, 6.07) is -0.986. The van der Waals surface area contributed by atoms with Gasteiger partial charge in [0.05, 0.1) is 5.75 Å². The van der Waals surface area contributed by atoms with Gasteiger partial charge in [0.1, 0.15) is 0 Å². The Morgan fingerprint density at radius 3 is 2.12 bits per heavy atom. The lowest BCUT2D eigenvalue weighted by Gasteiger charge is -2.08. The first kappa shape index (κ1) is 24.6. The van der Waals surface area contributed by atoms with Crippen LogP contribution >= 0.6 is 21.6 Å². The molecule has 0 bridgehead atoms. The van der Waals surface area contributed by atoms with E-state index < -0.39 is 12.1 Å². The first-order chi connectivity index (χ1) is 12.3. The van der Waals surface area contributed by atoms with Crippen LogP contribution in [0.3, 0.4) is 0 Å². The molecule has 0 unspecified atom stereocenters. The number of carbonyl (C=O) groups is 4. The summed E-state index contributed by atoms with van der Waals surface area (Å²) >= 11 is 0. The fraction of sp³-hybridized carbons (Fsp3) is 0.750. The van der Waals surface area contributed by atoms with E-state index in [1.807, 2.05) is 20.8 Å². The molecule has 0 rings (SSSR count). The fourth-order valence-corrected chi connectivity index (χ4v) is 3.34. The van der Waals surface area contributed by atoms with Crippen molar-refractivity contribution in [3.8, 4) is 0 Å². The van der Waals surface area contributed by atoms with Gasteiger partial charge in [-0.05, 0) is 18.8 Å². The van der Waals surface area contributed by atoms with E-state index in [4.69, 9.17) is 0 Å². The van der Waals surface area contributed by atoms with Crippen LogP contribution in [0.2, 0.25) is 0 Å². The van der Waals surface area contributed by atoms with E-state index in [1.54, 1.807) is 0 Å². The number of rotatable bonds is 12. The van der Waals surface area contributed by atoms with Crippen molar-refractivity contribution in [2.24, 2.45) is 5.92 Å². The molecule has 0 heterocycles. The van der Waals surface area contributed by atoms with E-state index in [0.29, 0.717) is 31.2 Å². The summed E-state index contributed by atoms with van der Waals surface area (Å²) in [5, 5.41) is 9.70. The lowest BCUT2D eigenvalue weighted by Crippen LogP contribution is -2.40. The number of hydrogen-bond acceptors (Lipinski definition) is 6. The lowest BCUT2D eigenvalue weighted by molar-refractivity contribution is -0.120. The molecule has 0 saturated carbocycles. The third-order valence-corrected chi connectivity index (χ3v) is 5.29. The molecule has 0 aliphatic carbocycles. The van der Waals surface area contributed by atoms with Crippen molar-refractivity contribution in [2.75, 3.05) is 24.6 Å². The van der Waals surface area contributed by atoms with Gasteiger partial charge >= 0.3 is 12.1 Å². The summed E-state index contributed by atoms with van der Waals surface area (Å²) in [5.74, 6) is 0.488. The van der Waals surface area contributed by atoms with Crippen LogP contribution in [-0.4, -0.2) is 48.5 Å². The second kappa shape index (κ2) is 15.8. The molecule has 8 nitrogen and oxygen atoms in total. The molecular weight excluding hydrogens is 376 g/mol. The monoisotopic (exact) mass is 406 g/mol. The van der Waals surface area contributed by atoms with Crippen molar-refractivity contribution in [3.63, 3.8) is 0 Å².